The largest absolute Gasteiger partial charge is 0.457 e. The molecule has 0 saturated heterocycles. The summed E-state index contributed by atoms with van der Waals surface area (Å²) in [6, 6.07) is 0. The standard InChI is InChI=1S/C9F18O/c10-2(6(16,17)18,4(12,13)8(22,23)24)1(28)3(11,7(19,20)21)5(14,15)9(25,26)27. The Morgan fingerprint density at radius 1 is 0.357 bits per heavy atom. The molecule has 0 rings (SSSR count). The first kappa shape index (κ1) is 26.4. The number of alkyl halides is 18. The van der Waals surface area contributed by atoms with E-state index in [0.29, 0.717) is 0 Å². The van der Waals surface area contributed by atoms with Gasteiger partial charge in [0.25, 0.3) is 0 Å². The average Bonchev–Trinajstić information content (AvgIpc) is 2.39. The molecule has 0 aliphatic rings. The molecule has 0 aromatic rings. The van der Waals surface area contributed by atoms with Crippen molar-refractivity contribution in [1.29, 1.82) is 0 Å². The molecule has 0 saturated carbocycles. The highest BCUT2D eigenvalue weighted by molar-refractivity contribution is 5.98. The molecule has 0 aromatic heterocycles. The zero-order valence-corrected chi connectivity index (χ0v) is 11.7. The number of carbonyl (C=O) groups is 1. The molecular formula is C9F18O. The van der Waals surface area contributed by atoms with Crippen LogP contribution in [0.15, 0.2) is 0 Å². The first-order valence-electron chi connectivity index (χ1n) is 5.61. The van der Waals surface area contributed by atoms with Crippen LogP contribution >= 0.6 is 0 Å². The fourth-order valence-corrected chi connectivity index (χ4v) is 1.53. The van der Waals surface area contributed by atoms with Crippen molar-refractivity contribution >= 4 is 5.78 Å². The molecule has 0 aliphatic carbocycles. The van der Waals surface area contributed by atoms with Crippen LogP contribution in [0.5, 0.6) is 0 Å². The van der Waals surface area contributed by atoms with E-state index in [1.165, 1.54) is 0 Å². The third-order valence-corrected chi connectivity index (χ3v) is 2.98. The maximum Gasteiger partial charge on any atom is 0.457 e. The van der Waals surface area contributed by atoms with E-state index in [2.05, 4.69) is 0 Å². The number of hydrogen-bond acceptors (Lipinski definition) is 1. The molecule has 0 spiro atoms. The Morgan fingerprint density at radius 3 is 0.643 bits per heavy atom. The molecule has 1 nitrogen and oxygen atoms in total. The van der Waals surface area contributed by atoms with Gasteiger partial charge in [-0.2, -0.15) is 70.2 Å². The minimum atomic E-state index is -8.53. The van der Waals surface area contributed by atoms with Gasteiger partial charge in [-0.05, 0) is 0 Å². The minimum Gasteiger partial charge on any atom is -0.291 e. The molecule has 0 aromatic carbocycles. The normalized spacial score (nSPS) is 19.8. The Balaban J connectivity index is 7.34. The molecule has 0 fully saturated rings. The number of halogens is 18. The highest BCUT2D eigenvalue weighted by Crippen LogP contribution is 2.60. The van der Waals surface area contributed by atoms with E-state index < -0.39 is 53.7 Å². The van der Waals surface area contributed by atoms with Crippen molar-refractivity contribution in [2.75, 3.05) is 0 Å². The molecule has 0 amide bonds. The van der Waals surface area contributed by atoms with Gasteiger partial charge in [0.1, 0.15) is 0 Å². The van der Waals surface area contributed by atoms with Crippen LogP contribution in [0.1, 0.15) is 0 Å². The van der Waals surface area contributed by atoms with Gasteiger partial charge >= 0.3 is 47.9 Å². The van der Waals surface area contributed by atoms with Gasteiger partial charge in [0.2, 0.25) is 5.78 Å². The highest BCUT2D eigenvalue weighted by atomic mass is 19.4. The van der Waals surface area contributed by atoms with Crippen LogP contribution in [-0.2, 0) is 4.79 Å². The molecule has 2 atom stereocenters. The summed E-state index contributed by atoms with van der Waals surface area (Å²) < 4.78 is 224. The van der Waals surface area contributed by atoms with E-state index >= 15 is 0 Å². The van der Waals surface area contributed by atoms with Crippen LogP contribution in [0.25, 0.3) is 0 Å². The van der Waals surface area contributed by atoms with Crippen molar-refractivity contribution in [3.63, 3.8) is 0 Å². The van der Waals surface area contributed by atoms with E-state index in [4.69, 9.17) is 0 Å². The van der Waals surface area contributed by atoms with Gasteiger partial charge in [0.05, 0.1) is 0 Å². The zero-order valence-electron chi connectivity index (χ0n) is 11.7. The third-order valence-electron chi connectivity index (χ3n) is 2.98. The molecule has 0 aliphatic heterocycles. The van der Waals surface area contributed by atoms with Gasteiger partial charge in [0, 0.05) is 0 Å². The van der Waals surface area contributed by atoms with Gasteiger partial charge in [0.15, 0.2) is 0 Å². The van der Waals surface area contributed by atoms with Gasteiger partial charge in [-0.1, -0.05) is 0 Å². The van der Waals surface area contributed by atoms with Crippen LogP contribution in [0, 0.1) is 0 Å². The summed E-state index contributed by atoms with van der Waals surface area (Å²) in [6.45, 7) is 0. The summed E-state index contributed by atoms with van der Waals surface area (Å²) in [6.07, 6.45) is -32.5. The average molecular weight is 466 g/mol. The maximum absolute atomic E-state index is 13.5. The Kier molecular flexibility index (Phi) is 5.85. The molecule has 2 unspecified atom stereocenters. The second kappa shape index (κ2) is 6.20. The van der Waals surface area contributed by atoms with Crippen molar-refractivity contribution < 1.29 is 83.8 Å². The Morgan fingerprint density at radius 2 is 0.536 bits per heavy atom. The summed E-state index contributed by atoms with van der Waals surface area (Å²) in [7, 11) is 0. The Labute approximate surface area is 139 Å². The molecule has 28 heavy (non-hydrogen) atoms. The number of carbonyl (C=O) groups excluding carboxylic acids is 1. The maximum atomic E-state index is 13.5. The van der Waals surface area contributed by atoms with Crippen molar-refractivity contribution in [3.8, 4) is 0 Å². The van der Waals surface area contributed by atoms with Crippen LogP contribution in [0.3, 0.4) is 0 Å². The van der Waals surface area contributed by atoms with Crippen molar-refractivity contribution in [1.82, 2.24) is 0 Å². The smallest absolute Gasteiger partial charge is 0.291 e. The van der Waals surface area contributed by atoms with Gasteiger partial charge in [-0.3, -0.25) is 4.79 Å². The SMILES string of the molecule is O=C(C(F)(C(F)(F)F)C(F)(F)C(F)(F)F)C(F)(C(F)(F)F)C(F)(F)C(F)(F)F. The molecule has 0 bridgehead atoms. The van der Waals surface area contributed by atoms with Crippen LogP contribution in [-0.4, -0.2) is 53.7 Å². The van der Waals surface area contributed by atoms with Crippen LogP contribution in [0.4, 0.5) is 79.0 Å². The lowest BCUT2D eigenvalue weighted by Crippen LogP contribution is -2.76. The van der Waals surface area contributed by atoms with Gasteiger partial charge in [-0.25, -0.2) is 8.78 Å². The zero-order chi connectivity index (χ0) is 23.6. The fourth-order valence-electron chi connectivity index (χ4n) is 1.53. The first-order chi connectivity index (χ1) is 11.7. The van der Waals surface area contributed by atoms with Crippen molar-refractivity contribution in [2.24, 2.45) is 0 Å². The number of rotatable bonds is 4. The van der Waals surface area contributed by atoms with Gasteiger partial charge in [-0.15, -0.1) is 0 Å². The summed E-state index contributed by atoms with van der Waals surface area (Å²) in [4.78, 5) is 10.8. The predicted molar refractivity (Wildman–Crippen MR) is 46.8 cm³/mol. The summed E-state index contributed by atoms with van der Waals surface area (Å²) in [5.41, 5.74) is -17.1. The second-order valence-corrected chi connectivity index (χ2v) is 4.79. The van der Waals surface area contributed by atoms with Crippen LogP contribution < -0.4 is 0 Å². The van der Waals surface area contributed by atoms with E-state index in [1.807, 2.05) is 0 Å². The lowest BCUT2D eigenvalue weighted by atomic mass is 9.78. The number of Topliss-reactive ketones (excluding diaryl/α,β-unsaturated/α-hetero) is 1. The second-order valence-electron chi connectivity index (χ2n) is 4.79. The monoisotopic (exact) mass is 466 g/mol. The summed E-state index contributed by atoms with van der Waals surface area (Å²) in [5, 5.41) is 0. The molecule has 19 heteroatoms. The molecule has 0 N–H and O–H groups in total. The minimum absolute atomic E-state index is 6.11. The van der Waals surface area contributed by atoms with Crippen molar-refractivity contribution in [2.45, 2.75) is 47.9 Å². The van der Waals surface area contributed by atoms with Crippen LogP contribution in [0.2, 0.25) is 0 Å². The first-order valence-corrected chi connectivity index (χ1v) is 5.61. The Hall–Kier alpha value is -1.59. The van der Waals surface area contributed by atoms with E-state index in [0.717, 1.165) is 0 Å². The quantitative estimate of drug-likeness (QED) is 0.501. The summed E-state index contributed by atoms with van der Waals surface area (Å²) in [5.74, 6) is -22.9. The third kappa shape index (κ3) is 3.22. The lowest BCUT2D eigenvalue weighted by molar-refractivity contribution is -0.394. The molecular weight excluding hydrogens is 466 g/mol. The number of ketones is 1. The molecule has 168 valence electrons. The highest BCUT2D eigenvalue weighted by Gasteiger charge is 2.94. The van der Waals surface area contributed by atoms with E-state index in [9.17, 15) is 83.8 Å². The Bertz CT molecular complexity index is 551. The molecule has 0 radical (unpaired) electrons. The fraction of sp³-hybridized carbons (Fsp3) is 0.889. The topological polar surface area (TPSA) is 17.1 Å². The summed E-state index contributed by atoms with van der Waals surface area (Å²) >= 11 is 0. The van der Waals surface area contributed by atoms with Gasteiger partial charge < -0.3 is 0 Å². The number of hydrogen-bond donors (Lipinski definition) is 0. The van der Waals surface area contributed by atoms with E-state index in [1.54, 1.807) is 0 Å². The molecule has 0 heterocycles. The predicted octanol–water partition coefficient (Wildman–Crippen LogP) is 5.49. The lowest BCUT2D eigenvalue weighted by Gasteiger charge is -2.41. The van der Waals surface area contributed by atoms with Crippen molar-refractivity contribution in [3.05, 3.63) is 0 Å². The van der Waals surface area contributed by atoms with E-state index in [-0.39, 0.29) is 0 Å².